The van der Waals surface area contributed by atoms with Crippen LogP contribution in [0.2, 0.25) is 0 Å². The number of aryl methyl sites for hydroxylation is 1. The largest absolute Gasteiger partial charge is 0.377 e. The first-order valence-corrected chi connectivity index (χ1v) is 6.98. The van der Waals surface area contributed by atoms with Crippen LogP contribution >= 0.6 is 0 Å². The molecule has 2 rings (SSSR count). The molecule has 18 heavy (non-hydrogen) atoms. The molecule has 0 aromatic carbocycles. The standard InChI is InChI=1S/C14H25N3O/c1-12(2)18-11-10-17-8-5-13(6-9-17)14-4-7-15-16(14)3/h4,7,12-13H,5-6,8-11H2,1-3H3. The van der Waals surface area contributed by atoms with Crippen LogP contribution in [0, 0.1) is 0 Å². The highest BCUT2D eigenvalue weighted by molar-refractivity contribution is 5.08. The van der Waals surface area contributed by atoms with Crippen molar-refractivity contribution in [3.8, 4) is 0 Å². The van der Waals surface area contributed by atoms with E-state index in [-0.39, 0.29) is 0 Å². The summed E-state index contributed by atoms with van der Waals surface area (Å²) < 4.78 is 7.62. The van der Waals surface area contributed by atoms with Gasteiger partial charge in [0.15, 0.2) is 0 Å². The lowest BCUT2D eigenvalue weighted by atomic mass is 9.93. The van der Waals surface area contributed by atoms with Gasteiger partial charge in [-0.15, -0.1) is 0 Å². The van der Waals surface area contributed by atoms with Gasteiger partial charge >= 0.3 is 0 Å². The fraction of sp³-hybridized carbons (Fsp3) is 0.786. The molecule has 0 bridgehead atoms. The third kappa shape index (κ3) is 3.56. The Morgan fingerprint density at radius 1 is 1.39 bits per heavy atom. The van der Waals surface area contributed by atoms with Crippen molar-refractivity contribution in [3.05, 3.63) is 18.0 Å². The molecule has 0 N–H and O–H groups in total. The molecule has 1 aromatic rings. The maximum atomic E-state index is 5.61. The van der Waals surface area contributed by atoms with E-state index in [1.165, 1.54) is 31.6 Å². The Kier molecular flexibility index (Phi) is 4.78. The van der Waals surface area contributed by atoms with E-state index in [2.05, 4.69) is 29.9 Å². The molecule has 0 unspecified atom stereocenters. The monoisotopic (exact) mass is 251 g/mol. The van der Waals surface area contributed by atoms with Gasteiger partial charge in [0, 0.05) is 31.4 Å². The Morgan fingerprint density at radius 3 is 2.67 bits per heavy atom. The molecule has 4 heteroatoms. The normalized spacial score (nSPS) is 18.7. The van der Waals surface area contributed by atoms with Crippen LogP contribution in [-0.2, 0) is 11.8 Å². The van der Waals surface area contributed by atoms with Crippen molar-refractivity contribution in [2.75, 3.05) is 26.2 Å². The van der Waals surface area contributed by atoms with Crippen molar-refractivity contribution in [3.63, 3.8) is 0 Å². The molecule has 4 nitrogen and oxygen atoms in total. The molecule has 102 valence electrons. The lowest BCUT2D eigenvalue weighted by Gasteiger charge is -2.32. The number of hydrogen-bond donors (Lipinski definition) is 0. The van der Waals surface area contributed by atoms with Gasteiger partial charge in [0.2, 0.25) is 0 Å². The second-order valence-corrected chi connectivity index (χ2v) is 5.42. The predicted molar refractivity (Wildman–Crippen MR) is 72.7 cm³/mol. The van der Waals surface area contributed by atoms with Crippen LogP contribution in [0.1, 0.15) is 38.3 Å². The van der Waals surface area contributed by atoms with Crippen molar-refractivity contribution < 1.29 is 4.74 Å². The third-order valence-corrected chi connectivity index (χ3v) is 3.72. The average molecular weight is 251 g/mol. The summed E-state index contributed by atoms with van der Waals surface area (Å²) in [5, 5.41) is 4.26. The van der Waals surface area contributed by atoms with Crippen molar-refractivity contribution >= 4 is 0 Å². The van der Waals surface area contributed by atoms with Gasteiger partial charge in [0.05, 0.1) is 12.7 Å². The summed E-state index contributed by atoms with van der Waals surface area (Å²) in [7, 11) is 2.04. The molecular formula is C14H25N3O. The summed E-state index contributed by atoms with van der Waals surface area (Å²) in [5.74, 6) is 0.680. The molecule has 0 aliphatic carbocycles. The quantitative estimate of drug-likeness (QED) is 0.802. The number of piperidine rings is 1. The van der Waals surface area contributed by atoms with E-state index in [0.29, 0.717) is 12.0 Å². The van der Waals surface area contributed by atoms with Gasteiger partial charge in [-0.3, -0.25) is 4.68 Å². The Morgan fingerprint density at radius 2 is 2.11 bits per heavy atom. The second-order valence-electron chi connectivity index (χ2n) is 5.42. The van der Waals surface area contributed by atoms with Crippen molar-refractivity contribution in [1.82, 2.24) is 14.7 Å². The fourth-order valence-corrected chi connectivity index (χ4v) is 2.65. The van der Waals surface area contributed by atoms with Gasteiger partial charge in [-0.1, -0.05) is 0 Å². The molecule has 0 radical (unpaired) electrons. The van der Waals surface area contributed by atoms with Crippen LogP contribution in [0.25, 0.3) is 0 Å². The maximum Gasteiger partial charge on any atom is 0.0596 e. The number of rotatable bonds is 5. The molecule has 1 aliphatic heterocycles. The lowest BCUT2D eigenvalue weighted by Crippen LogP contribution is -2.36. The Bertz CT molecular complexity index is 354. The number of nitrogens with zero attached hydrogens (tertiary/aromatic N) is 3. The van der Waals surface area contributed by atoms with E-state index >= 15 is 0 Å². The SMILES string of the molecule is CC(C)OCCN1CCC(c2ccnn2C)CC1. The number of likely N-dealkylation sites (tertiary alicyclic amines) is 1. The topological polar surface area (TPSA) is 30.3 Å². The summed E-state index contributed by atoms with van der Waals surface area (Å²) in [6, 6.07) is 2.15. The maximum absolute atomic E-state index is 5.61. The van der Waals surface area contributed by atoms with Crippen LogP contribution in [0.4, 0.5) is 0 Å². The molecule has 1 fully saturated rings. The first kappa shape index (κ1) is 13.6. The predicted octanol–water partition coefficient (Wildman–Crippen LogP) is 2.02. The molecule has 0 spiro atoms. The molecule has 1 saturated heterocycles. The van der Waals surface area contributed by atoms with Crippen molar-refractivity contribution in [1.29, 1.82) is 0 Å². The van der Waals surface area contributed by atoms with Crippen LogP contribution in [0.3, 0.4) is 0 Å². The summed E-state index contributed by atoms with van der Waals surface area (Å²) in [6.45, 7) is 8.46. The minimum Gasteiger partial charge on any atom is -0.377 e. The highest BCUT2D eigenvalue weighted by atomic mass is 16.5. The van der Waals surface area contributed by atoms with Gasteiger partial charge in [0.25, 0.3) is 0 Å². The zero-order valence-corrected chi connectivity index (χ0v) is 11.8. The second kappa shape index (κ2) is 6.34. The van der Waals surface area contributed by atoms with E-state index in [1.807, 2.05) is 17.9 Å². The number of hydrogen-bond acceptors (Lipinski definition) is 3. The fourth-order valence-electron chi connectivity index (χ4n) is 2.65. The van der Waals surface area contributed by atoms with E-state index in [4.69, 9.17) is 4.74 Å². The van der Waals surface area contributed by atoms with Crippen molar-refractivity contribution in [2.24, 2.45) is 7.05 Å². The Hall–Kier alpha value is -0.870. The molecule has 1 aliphatic rings. The minimum absolute atomic E-state index is 0.344. The molecule has 0 saturated carbocycles. The molecule has 0 amide bonds. The van der Waals surface area contributed by atoms with E-state index in [9.17, 15) is 0 Å². The number of aromatic nitrogens is 2. The van der Waals surface area contributed by atoms with Crippen molar-refractivity contribution in [2.45, 2.75) is 38.7 Å². The van der Waals surface area contributed by atoms with Crippen LogP contribution < -0.4 is 0 Å². The smallest absolute Gasteiger partial charge is 0.0596 e. The first-order valence-electron chi connectivity index (χ1n) is 6.98. The summed E-state index contributed by atoms with van der Waals surface area (Å²) in [5.41, 5.74) is 1.38. The molecule has 2 heterocycles. The Labute approximate surface area is 110 Å². The van der Waals surface area contributed by atoms with E-state index in [0.717, 1.165) is 13.2 Å². The van der Waals surface area contributed by atoms with Crippen LogP contribution in [0.15, 0.2) is 12.3 Å². The third-order valence-electron chi connectivity index (χ3n) is 3.72. The van der Waals surface area contributed by atoms with Crippen LogP contribution in [-0.4, -0.2) is 47.0 Å². The molecular weight excluding hydrogens is 226 g/mol. The van der Waals surface area contributed by atoms with Gasteiger partial charge in [0.1, 0.15) is 0 Å². The van der Waals surface area contributed by atoms with Gasteiger partial charge in [-0.2, -0.15) is 5.10 Å². The molecule has 0 atom stereocenters. The van der Waals surface area contributed by atoms with Gasteiger partial charge in [-0.05, 0) is 45.8 Å². The summed E-state index contributed by atoms with van der Waals surface area (Å²) in [4.78, 5) is 2.51. The van der Waals surface area contributed by atoms with E-state index < -0.39 is 0 Å². The lowest BCUT2D eigenvalue weighted by molar-refractivity contribution is 0.0534. The molecule has 1 aromatic heterocycles. The highest BCUT2D eigenvalue weighted by Gasteiger charge is 2.22. The summed E-state index contributed by atoms with van der Waals surface area (Å²) >= 11 is 0. The van der Waals surface area contributed by atoms with E-state index in [1.54, 1.807) is 0 Å². The van der Waals surface area contributed by atoms with Gasteiger partial charge < -0.3 is 9.64 Å². The first-order chi connectivity index (χ1) is 8.66. The summed E-state index contributed by atoms with van der Waals surface area (Å²) in [6.07, 6.45) is 4.72. The zero-order chi connectivity index (χ0) is 13.0. The van der Waals surface area contributed by atoms with Gasteiger partial charge in [-0.25, -0.2) is 0 Å². The minimum atomic E-state index is 0.344. The number of ether oxygens (including phenoxy) is 1. The average Bonchev–Trinajstić information content (AvgIpc) is 2.76. The van der Waals surface area contributed by atoms with Crippen LogP contribution in [0.5, 0.6) is 0 Å². The zero-order valence-electron chi connectivity index (χ0n) is 11.8. The highest BCUT2D eigenvalue weighted by Crippen LogP contribution is 2.27. The Balaban J connectivity index is 1.73.